The average Bonchev–Trinajstić information content (AvgIpc) is 2.27. The fraction of sp³-hybridized carbons (Fsp3) is 0.600. The molecule has 0 atom stereocenters. The summed E-state index contributed by atoms with van der Waals surface area (Å²) in [6.07, 6.45) is 15.2. The Morgan fingerprint density at radius 3 is 1.40 bits per heavy atom. The van der Waals surface area contributed by atoms with E-state index < -0.39 is 0 Å². The van der Waals surface area contributed by atoms with Gasteiger partial charge in [-0.25, -0.2) is 0 Å². The van der Waals surface area contributed by atoms with Gasteiger partial charge in [-0.15, -0.1) is 0 Å². The van der Waals surface area contributed by atoms with Gasteiger partial charge < -0.3 is 0 Å². The molecule has 0 heterocycles. The summed E-state index contributed by atoms with van der Waals surface area (Å²) < 4.78 is 0. The van der Waals surface area contributed by atoms with Gasteiger partial charge in [-0.05, 0) is 25.0 Å². The topological polar surface area (TPSA) is 0 Å². The number of hydrogen-bond acceptors (Lipinski definition) is 0. The lowest BCUT2D eigenvalue weighted by Crippen LogP contribution is -1.80. The van der Waals surface area contributed by atoms with Crippen molar-refractivity contribution in [1.82, 2.24) is 0 Å². The second-order valence-corrected chi connectivity index (χ2v) is 3.95. The van der Waals surface area contributed by atoms with Crippen LogP contribution < -0.4 is 0 Å². The Labute approximate surface area is 94.2 Å². The first-order chi connectivity index (χ1) is 7.50. The number of allylic oxidation sites excluding steroid dienone is 2. The van der Waals surface area contributed by atoms with Crippen molar-refractivity contribution in [3.63, 3.8) is 0 Å². The molecule has 0 heteroatoms. The summed E-state index contributed by atoms with van der Waals surface area (Å²) in [7, 11) is 0. The summed E-state index contributed by atoms with van der Waals surface area (Å²) >= 11 is 0. The Hall–Kier alpha value is -1.14. The summed E-state index contributed by atoms with van der Waals surface area (Å²) in [5, 5.41) is 0. The molecule has 0 fully saturated rings. The van der Waals surface area contributed by atoms with Gasteiger partial charge in [0.1, 0.15) is 0 Å². The molecule has 0 nitrogen and oxygen atoms in total. The van der Waals surface area contributed by atoms with Gasteiger partial charge in [0, 0.05) is 12.8 Å². The zero-order valence-electron chi connectivity index (χ0n) is 9.52. The molecule has 0 amide bonds. The Morgan fingerprint density at radius 1 is 0.533 bits per heavy atom. The van der Waals surface area contributed by atoms with Crippen LogP contribution in [0.2, 0.25) is 0 Å². The molecule has 0 unspecified atom stereocenters. The van der Waals surface area contributed by atoms with E-state index in [1.165, 1.54) is 44.9 Å². The molecule has 0 N–H and O–H groups in total. The monoisotopic (exact) mass is 200 g/mol. The molecule has 1 rings (SSSR count). The van der Waals surface area contributed by atoms with Crippen LogP contribution in [-0.2, 0) is 0 Å². The second kappa shape index (κ2) is 9.42. The first-order valence-electron chi connectivity index (χ1n) is 6.12. The highest BCUT2D eigenvalue weighted by molar-refractivity contribution is 5.24. The van der Waals surface area contributed by atoms with E-state index in [2.05, 4.69) is 23.7 Å². The molecule has 0 saturated carbocycles. The van der Waals surface area contributed by atoms with Gasteiger partial charge in [0.25, 0.3) is 0 Å². The van der Waals surface area contributed by atoms with Crippen LogP contribution in [0.15, 0.2) is 12.2 Å². The highest BCUT2D eigenvalue weighted by Gasteiger charge is 1.90. The quantitative estimate of drug-likeness (QED) is 0.517. The third kappa shape index (κ3) is 7.90. The maximum absolute atomic E-state index is 3.15. The SMILES string of the molecule is C1#CCCCCCCCCCC#CC=C1. The van der Waals surface area contributed by atoms with Gasteiger partial charge in [0.2, 0.25) is 0 Å². The minimum absolute atomic E-state index is 1.04. The summed E-state index contributed by atoms with van der Waals surface area (Å²) in [4.78, 5) is 0. The van der Waals surface area contributed by atoms with E-state index in [4.69, 9.17) is 0 Å². The van der Waals surface area contributed by atoms with Crippen LogP contribution in [0.3, 0.4) is 0 Å². The molecule has 0 saturated heterocycles. The zero-order valence-corrected chi connectivity index (χ0v) is 9.52. The number of rotatable bonds is 0. The van der Waals surface area contributed by atoms with Crippen molar-refractivity contribution in [3.8, 4) is 23.7 Å². The van der Waals surface area contributed by atoms with E-state index in [9.17, 15) is 0 Å². The lowest BCUT2D eigenvalue weighted by atomic mass is 10.1. The van der Waals surface area contributed by atoms with E-state index in [1.54, 1.807) is 0 Å². The van der Waals surface area contributed by atoms with Crippen LogP contribution in [0.1, 0.15) is 57.8 Å². The minimum atomic E-state index is 1.04. The Kier molecular flexibility index (Phi) is 7.49. The lowest BCUT2D eigenvalue weighted by Gasteiger charge is -1.98. The van der Waals surface area contributed by atoms with Gasteiger partial charge >= 0.3 is 0 Å². The Balaban J connectivity index is 2.32. The van der Waals surface area contributed by atoms with Crippen molar-refractivity contribution in [2.45, 2.75) is 57.8 Å². The molecule has 1 aliphatic carbocycles. The first-order valence-corrected chi connectivity index (χ1v) is 6.12. The Bertz CT molecular complexity index is 257. The molecule has 0 bridgehead atoms. The molecule has 0 aromatic heterocycles. The van der Waals surface area contributed by atoms with Crippen molar-refractivity contribution in [1.29, 1.82) is 0 Å². The van der Waals surface area contributed by atoms with Crippen LogP contribution in [-0.4, -0.2) is 0 Å². The van der Waals surface area contributed by atoms with E-state index in [-0.39, 0.29) is 0 Å². The van der Waals surface area contributed by atoms with E-state index in [1.807, 2.05) is 12.2 Å². The van der Waals surface area contributed by atoms with E-state index in [0.29, 0.717) is 0 Å². The summed E-state index contributed by atoms with van der Waals surface area (Å²) in [5.74, 6) is 12.3. The highest BCUT2D eigenvalue weighted by atomic mass is 14.0. The maximum atomic E-state index is 3.15. The van der Waals surface area contributed by atoms with Gasteiger partial charge in [-0.3, -0.25) is 0 Å². The standard InChI is InChI=1S/C15H20/c1-2-4-6-8-10-12-14-15-13-11-9-7-5-3-1/h1-2H,7-15H2. The van der Waals surface area contributed by atoms with Crippen molar-refractivity contribution >= 4 is 0 Å². The molecule has 1 aliphatic rings. The van der Waals surface area contributed by atoms with Crippen LogP contribution in [0, 0.1) is 23.7 Å². The van der Waals surface area contributed by atoms with Crippen LogP contribution in [0.4, 0.5) is 0 Å². The third-order valence-electron chi connectivity index (χ3n) is 2.56. The van der Waals surface area contributed by atoms with Gasteiger partial charge in [-0.1, -0.05) is 55.8 Å². The highest BCUT2D eigenvalue weighted by Crippen LogP contribution is 2.09. The average molecular weight is 200 g/mol. The maximum Gasteiger partial charge on any atom is 0.00922 e. The number of hydrogen-bond donors (Lipinski definition) is 0. The fourth-order valence-electron chi connectivity index (χ4n) is 1.66. The van der Waals surface area contributed by atoms with E-state index in [0.717, 1.165) is 12.8 Å². The van der Waals surface area contributed by atoms with Gasteiger partial charge in [0.15, 0.2) is 0 Å². The van der Waals surface area contributed by atoms with Gasteiger partial charge in [0.05, 0.1) is 0 Å². The van der Waals surface area contributed by atoms with Crippen molar-refractivity contribution in [2.24, 2.45) is 0 Å². The largest absolute Gasteiger partial charge is 0.0985 e. The van der Waals surface area contributed by atoms with Gasteiger partial charge in [-0.2, -0.15) is 0 Å². The normalized spacial score (nSPS) is 18.7. The predicted molar refractivity (Wildman–Crippen MR) is 66.2 cm³/mol. The second-order valence-electron chi connectivity index (χ2n) is 3.95. The fourth-order valence-corrected chi connectivity index (χ4v) is 1.66. The van der Waals surface area contributed by atoms with Crippen molar-refractivity contribution < 1.29 is 0 Å². The van der Waals surface area contributed by atoms with Crippen LogP contribution in [0.25, 0.3) is 0 Å². The first kappa shape index (κ1) is 11.9. The van der Waals surface area contributed by atoms with Crippen molar-refractivity contribution in [3.05, 3.63) is 12.2 Å². The molecule has 0 spiro atoms. The predicted octanol–water partition coefficient (Wildman–Crippen LogP) is 4.07. The van der Waals surface area contributed by atoms with Crippen LogP contribution in [0.5, 0.6) is 0 Å². The molecule has 0 aromatic carbocycles. The van der Waals surface area contributed by atoms with E-state index >= 15 is 0 Å². The molecular weight excluding hydrogens is 180 g/mol. The summed E-state index contributed by atoms with van der Waals surface area (Å²) in [5.41, 5.74) is 0. The zero-order chi connectivity index (χ0) is 10.6. The third-order valence-corrected chi connectivity index (χ3v) is 2.56. The van der Waals surface area contributed by atoms with Crippen molar-refractivity contribution in [2.75, 3.05) is 0 Å². The molecule has 15 heavy (non-hydrogen) atoms. The molecule has 0 aliphatic heterocycles. The molecule has 0 aromatic rings. The minimum Gasteiger partial charge on any atom is -0.0985 e. The Morgan fingerprint density at radius 2 is 0.933 bits per heavy atom. The molecular formula is C15H20. The summed E-state index contributed by atoms with van der Waals surface area (Å²) in [6.45, 7) is 0. The molecule has 0 radical (unpaired) electrons. The molecule has 80 valence electrons. The lowest BCUT2D eigenvalue weighted by molar-refractivity contribution is 0.587. The smallest absolute Gasteiger partial charge is 0.00922 e. The summed E-state index contributed by atoms with van der Waals surface area (Å²) in [6, 6.07) is 0. The van der Waals surface area contributed by atoms with Crippen LogP contribution >= 0.6 is 0 Å².